The Hall–Kier alpha value is -2.01. The molecule has 0 saturated heterocycles. The van der Waals surface area contributed by atoms with Crippen LogP contribution in [0.4, 0.5) is 0 Å². The quantitative estimate of drug-likeness (QED) is 0.618. The minimum atomic E-state index is -0.238. The molecule has 0 aliphatic carbocycles. The van der Waals surface area contributed by atoms with Crippen LogP contribution in [0.15, 0.2) is 38.6 Å². The fourth-order valence-corrected chi connectivity index (χ4v) is 3.42. The van der Waals surface area contributed by atoms with E-state index in [0.717, 1.165) is 29.1 Å². The maximum absolute atomic E-state index is 12.2. The summed E-state index contributed by atoms with van der Waals surface area (Å²) in [7, 11) is 0. The van der Waals surface area contributed by atoms with E-state index in [9.17, 15) is 9.59 Å². The van der Waals surface area contributed by atoms with Crippen LogP contribution in [0.25, 0.3) is 11.3 Å². The van der Waals surface area contributed by atoms with Crippen LogP contribution in [-0.4, -0.2) is 12.9 Å². The first kappa shape index (κ1) is 14.9. The summed E-state index contributed by atoms with van der Waals surface area (Å²) in [4.78, 5) is 24.0. The van der Waals surface area contributed by atoms with E-state index in [2.05, 4.69) is 6.92 Å². The minimum Gasteiger partial charge on any atom is -0.494 e. The van der Waals surface area contributed by atoms with Crippen molar-refractivity contribution in [3.63, 3.8) is 0 Å². The van der Waals surface area contributed by atoms with Gasteiger partial charge >= 0.3 is 0 Å². The predicted molar refractivity (Wildman–Crippen MR) is 85.8 cm³/mol. The molecule has 0 bridgehead atoms. The average molecular weight is 316 g/mol. The maximum Gasteiger partial charge on any atom is 0.200 e. The van der Waals surface area contributed by atoms with E-state index in [1.165, 1.54) is 6.26 Å². The van der Waals surface area contributed by atoms with Gasteiger partial charge in [0.1, 0.15) is 17.8 Å². The molecule has 0 atom stereocenters. The molecule has 2 heterocycles. The Kier molecular flexibility index (Phi) is 4.34. The van der Waals surface area contributed by atoms with Crippen molar-refractivity contribution in [3.05, 3.63) is 45.8 Å². The van der Waals surface area contributed by atoms with Crippen LogP contribution >= 0.6 is 11.8 Å². The number of unbranched alkanes of at least 4 members (excludes halogenated alkanes) is 1. The van der Waals surface area contributed by atoms with Crippen LogP contribution in [0, 0.1) is 0 Å². The molecule has 1 aliphatic rings. The van der Waals surface area contributed by atoms with Gasteiger partial charge in [0, 0.05) is 16.2 Å². The fourth-order valence-electron chi connectivity index (χ4n) is 2.35. The topological polar surface area (TPSA) is 56.5 Å². The van der Waals surface area contributed by atoms with E-state index >= 15 is 0 Å². The number of benzene rings is 1. The van der Waals surface area contributed by atoms with E-state index in [0.29, 0.717) is 30.0 Å². The van der Waals surface area contributed by atoms with Gasteiger partial charge in [-0.3, -0.25) is 9.59 Å². The van der Waals surface area contributed by atoms with Crippen LogP contribution in [0.5, 0.6) is 5.75 Å². The number of thioether (sulfide) groups is 1. The SMILES string of the molecule is CCCCOc1ccc2c(c1)SCc1c-2occ(C=O)c1=O. The molecule has 0 unspecified atom stereocenters. The third-order valence-corrected chi connectivity index (χ3v) is 4.66. The molecule has 0 radical (unpaired) electrons. The van der Waals surface area contributed by atoms with Gasteiger partial charge in [0.25, 0.3) is 0 Å². The average Bonchev–Trinajstić information content (AvgIpc) is 2.55. The first-order valence-corrected chi connectivity index (χ1v) is 8.23. The molecule has 0 amide bonds. The van der Waals surface area contributed by atoms with Gasteiger partial charge in [-0.1, -0.05) is 13.3 Å². The summed E-state index contributed by atoms with van der Waals surface area (Å²) < 4.78 is 11.2. The number of aldehydes is 1. The van der Waals surface area contributed by atoms with Crippen LogP contribution < -0.4 is 10.2 Å². The number of ether oxygens (including phenoxy) is 1. The highest BCUT2D eigenvalue weighted by atomic mass is 32.2. The van der Waals surface area contributed by atoms with Gasteiger partial charge in [-0.15, -0.1) is 11.8 Å². The molecule has 1 aromatic carbocycles. The first-order chi connectivity index (χ1) is 10.7. The molecule has 0 fully saturated rings. The molecule has 0 saturated carbocycles. The lowest BCUT2D eigenvalue weighted by Crippen LogP contribution is -2.16. The van der Waals surface area contributed by atoms with Gasteiger partial charge in [0.15, 0.2) is 11.7 Å². The second-order valence-electron chi connectivity index (χ2n) is 5.09. The number of rotatable bonds is 5. The van der Waals surface area contributed by atoms with Crippen LogP contribution in [-0.2, 0) is 5.75 Å². The molecular weight excluding hydrogens is 300 g/mol. The van der Waals surface area contributed by atoms with Gasteiger partial charge < -0.3 is 9.15 Å². The van der Waals surface area contributed by atoms with Crippen LogP contribution in [0.3, 0.4) is 0 Å². The van der Waals surface area contributed by atoms with E-state index in [4.69, 9.17) is 9.15 Å². The highest BCUT2D eigenvalue weighted by molar-refractivity contribution is 7.98. The Labute approximate surface area is 132 Å². The molecule has 1 aromatic heterocycles. The monoisotopic (exact) mass is 316 g/mol. The van der Waals surface area contributed by atoms with Crippen molar-refractivity contribution in [2.24, 2.45) is 0 Å². The molecule has 2 aromatic rings. The number of hydrogen-bond donors (Lipinski definition) is 0. The summed E-state index contributed by atoms with van der Waals surface area (Å²) in [6.45, 7) is 2.83. The molecule has 0 N–H and O–H groups in total. The molecule has 3 rings (SSSR count). The lowest BCUT2D eigenvalue weighted by Gasteiger charge is -2.18. The van der Waals surface area contributed by atoms with Crippen molar-refractivity contribution in [2.75, 3.05) is 6.61 Å². The van der Waals surface area contributed by atoms with Crippen molar-refractivity contribution in [1.29, 1.82) is 0 Å². The lowest BCUT2D eigenvalue weighted by molar-refractivity contribution is 0.112. The standard InChI is InChI=1S/C17H16O4S/c1-2-3-6-20-12-4-5-13-15(7-12)22-10-14-16(19)11(8-18)9-21-17(13)14/h4-5,7-9H,2-3,6,10H2,1H3. The highest BCUT2D eigenvalue weighted by Gasteiger charge is 2.23. The summed E-state index contributed by atoms with van der Waals surface area (Å²) in [6, 6.07) is 5.77. The molecule has 4 nitrogen and oxygen atoms in total. The van der Waals surface area contributed by atoms with E-state index in [1.54, 1.807) is 11.8 Å². The molecule has 1 aliphatic heterocycles. The van der Waals surface area contributed by atoms with E-state index in [1.807, 2.05) is 18.2 Å². The van der Waals surface area contributed by atoms with Gasteiger partial charge in [-0.2, -0.15) is 0 Å². The van der Waals surface area contributed by atoms with Crippen LogP contribution in [0.2, 0.25) is 0 Å². The third-order valence-electron chi connectivity index (χ3n) is 3.58. The van der Waals surface area contributed by atoms with Crippen molar-refractivity contribution >= 4 is 18.0 Å². The summed E-state index contributed by atoms with van der Waals surface area (Å²) in [5.74, 6) is 1.89. The molecule has 22 heavy (non-hydrogen) atoms. The summed E-state index contributed by atoms with van der Waals surface area (Å²) in [6.07, 6.45) is 3.89. The zero-order chi connectivity index (χ0) is 15.5. The van der Waals surface area contributed by atoms with Crippen molar-refractivity contribution < 1.29 is 13.9 Å². The second kappa shape index (κ2) is 6.40. The van der Waals surface area contributed by atoms with Crippen LogP contribution in [0.1, 0.15) is 35.7 Å². The van der Waals surface area contributed by atoms with Gasteiger partial charge in [0.05, 0.1) is 17.7 Å². The van der Waals surface area contributed by atoms with Gasteiger partial charge in [-0.25, -0.2) is 0 Å². The summed E-state index contributed by atoms with van der Waals surface area (Å²) in [5, 5.41) is 0. The number of carbonyl (C=O) groups is 1. The summed E-state index contributed by atoms with van der Waals surface area (Å²) >= 11 is 1.56. The Morgan fingerprint density at radius 1 is 1.41 bits per heavy atom. The maximum atomic E-state index is 12.2. The van der Waals surface area contributed by atoms with Crippen molar-refractivity contribution in [1.82, 2.24) is 0 Å². The summed E-state index contributed by atoms with van der Waals surface area (Å²) in [5.41, 5.74) is 1.27. The largest absolute Gasteiger partial charge is 0.494 e. The number of carbonyl (C=O) groups excluding carboxylic acids is 1. The zero-order valence-electron chi connectivity index (χ0n) is 12.3. The Balaban J connectivity index is 1.96. The Morgan fingerprint density at radius 3 is 3.05 bits per heavy atom. The Bertz CT molecular complexity index is 764. The fraction of sp³-hybridized carbons (Fsp3) is 0.294. The number of fused-ring (bicyclic) bond motifs is 3. The van der Waals surface area contributed by atoms with E-state index < -0.39 is 0 Å². The van der Waals surface area contributed by atoms with Gasteiger partial charge in [0.2, 0.25) is 0 Å². The number of hydrogen-bond acceptors (Lipinski definition) is 5. The van der Waals surface area contributed by atoms with Crippen molar-refractivity contribution in [2.45, 2.75) is 30.4 Å². The first-order valence-electron chi connectivity index (χ1n) is 7.24. The Morgan fingerprint density at radius 2 is 2.27 bits per heavy atom. The predicted octanol–water partition coefficient (Wildman–Crippen LogP) is 3.90. The lowest BCUT2D eigenvalue weighted by atomic mass is 10.1. The molecule has 0 spiro atoms. The zero-order valence-corrected chi connectivity index (χ0v) is 13.1. The van der Waals surface area contributed by atoms with Gasteiger partial charge in [-0.05, 0) is 24.6 Å². The van der Waals surface area contributed by atoms with Crippen molar-refractivity contribution in [3.8, 4) is 17.1 Å². The molecular formula is C17H16O4S. The molecule has 5 heteroatoms. The van der Waals surface area contributed by atoms with E-state index in [-0.39, 0.29) is 11.0 Å². The smallest absolute Gasteiger partial charge is 0.200 e. The third kappa shape index (κ3) is 2.68. The normalized spacial score (nSPS) is 12.4. The second-order valence-corrected chi connectivity index (χ2v) is 6.11. The molecule has 114 valence electrons. The highest BCUT2D eigenvalue weighted by Crippen LogP contribution is 2.41. The minimum absolute atomic E-state index is 0.0716.